The van der Waals surface area contributed by atoms with Crippen LogP contribution in [0.25, 0.3) is 0 Å². The van der Waals surface area contributed by atoms with E-state index in [0.717, 1.165) is 0 Å². The lowest BCUT2D eigenvalue weighted by Crippen LogP contribution is -2.22. The fraction of sp³-hybridized carbons (Fsp3) is 0.308. The molecule has 5 nitrogen and oxygen atoms in total. The molecule has 102 valence electrons. The summed E-state index contributed by atoms with van der Waals surface area (Å²) in [6, 6.07) is 6.06. The summed E-state index contributed by atoms with van der Waals surface area (Å²) < 4.78 is 4.46. The molecule has 0 fully saturated rings. The number of carboxylic acids is 1. The summed E-state index contributed by atoms with van der Waals surface area (Å²) in [6.07, 6.45) is -0.680. The van der Waals surface area contributed by atoms with E-state index in [2.05, 4.69) is 4.74 Å². The predicted octanol–water partition coefficient (Wildman–Crippen LogP) is 2.18. The minimum atomic E-state index is -1.14. The molecule has 1 aromatic carbocycles. The van der Waals surface area contributed by atoms with E-state index in [-0.39, 0.29) is 6.42 Å². The van der Waals surface area contributed by atoms with Gasteiger partial charge < -0.3 is 9.84 Å². The standard InChI is InChI=1S/C13H13ClO5/c1-19-12(17)7-9(6-11(15)16)13(18)8-2-4-10(14)5-3-8/h2-5,9H,6-7H2,1H3,(H,15,16). The van der Waals surface area contributed by atoms with Crippen LogP contribution in [0.3, 0.4) is 0 Å². The minimum absolute atomic E-state index is 0.260. The lowest BCUT2D eigenvalue weighted by atomic mass is 9.92. The maximum Gasteiger partial charge on any atom is 0.306 e. The van der Waals surface area contributed by atoms with E-state index in [9.17, 15) is 14.4 Å². The van der Waals surface area contributed by atoms with Gasteiger partial charge in [-0.05, 0) is 24.3 Å². The summed E-state index contributed by atoms with van der Waals surface area (Å²) in [5, 5.41) is 9.26. The van der Waals surface area contributed by atoms with Gasteiger partial charge in [-0.2, -0.15) is 0 Å². The molecule has 0 saturated heterocycles. The van der Waals surface area contributed by atoms with Gasteiger partial charge in [-0.1, -0.05) is 11.6 Å². The second-order valence-electron chi connectivity index (χ2n) is 3.95. The molecule has 0 aromatic heterocycles. The molecule has 0 amide bonds. The molecule has 1 aromatic rings. The highest BCUT2D eigenvalue weighted by Gasteiger charge is 2.26. The molecule has 0 aliphatic rings. The first-order chi connectivity index (χ1) is 8.93. The van der Waals surface area contributed by atoms with Gasteiger partial charge in [-0.15, -0.1) is 0 Å². The Hall–Kier alpha value is -1.88. The average Bonchev–Trinajstić information content (AvgIpc) is 2.37. The van der Waals surface area contributed by atoms with Crippen molar-refractivity contribution in [2.45, 2.75) is 12.8 Å². The molecule has 0 saturated carbocycles. The number of aliphatic carboxylic acids is 1. The number of esters is 1. The first-order valence-corrected chi connectivity index (χ1v) is 5.90. The number of ketones is 1. The summed E-state index contributed by atoms with van der Waals surface area (Å²) in [4.78, 5) is 34.1. The van der Waals surface area contributed by atoms with Crippen LogP contribution in [-0.2, 0) is 14.3 Å². The van der Waals surface area contributed by atoms with Crippen LogP contribution in [-0.4, -0.2) is 29.9 Å². The first-order valence-electron chi connectivity index (χ1n) is 5.52. The molecule has 0 aliphatic carbocycles. The van der Waals surface area contributed by atoms with Crippen molar-refractivity contribution in [1.82, 2.24) is 0 Å². The van der Waals surface area contributed by atoms with Gasteiger partial charge in [0.25, 0.3) is 0 Å². The molecule has 0 spiro atoms. The summed E-state index contributed by atoms with van der Waals surface area (Å²) in [5.41, 5.74) is 0.319. The molecular formula is C13H13ClO5. The first kappa shape index (κ1) is 15.2. The molecule has 1 N–H and O–H groups in total. The number of ether oxygens (including phenoxy) is 1. The normalized spacial score (nSPS) is 11.7. The molecule has 1 unspecified atom stereocenters. The number of hydrogen-bond donors (Lipinski definition) is 1. The fourth-order valence-electron chi connectivity index (χ4n) is 1.60. The van der Waals surface area contributed by atoms with Crippen LogP contribution in [0, 0.1) is 5.92 Å². The summed E-state index contributed by atoms with van der Waals surface area (Å²) in [6.45, 7) is 0. The highest BCUT2D eigenvalue weighted by molar-refractivity contribution is 6.30. The van der Waals surface area contributed by atoms with Crippen molar-refractivity contribution >= 4 is 29.3 Å². The van der Waals surface area contributed by atoms with Crippen LogP contribution in [0.4, 0.5) is 0 Å². The summed E-state index contributed by atoms with van der Waals surface area (Å²) in [5.74, 6) is -3.11. The lowest BCUT2D eigenvalue weighted by Gasteiger charge is -2.12. The van der Waals surface area contributed by atoms with Gasteiger partial charge in [-0.3, -0.25) is 14.4 Å². The number of benzene rings is 1. The van der Waals surface area contributed by atoms with Gasteiger partial charge >= 0.3 is 11.9 Å². The third-order valence-corrected chi connectivity index (χ3v) is 2.81. The summed E-state index contributed by atoms with van der Waals surface area (Å²) >= 11 is 5.71. The maximum atomic E-state index is 12.1. The average molecular weight is 285 g/mol. The van der Waals surface area contributed by atoms with Crippen molar-refractivity contribution in [3.05, 3.63) is 34.9 Å². The van der Waals surface area contributed by atoms with E-state index < -0.39 is 30.1 Å². The number of methoxy groups -OCH3 is 1. The van der Waals surface area contributed by atoms with Crippen molar-refractivity contribution < 1.29 is 24.2 Å². The van der Waals surface area contributed by atoms with Crippen LogP contribution in [0.5, 0.6) is 0 Å². The van der Waals surface area contributed by atoms with Crippen LogP contribution in [0.2, 0.25) is 5.02 Å². The number of rotatable bonds is 6. The number of halogens is 1. The molecule has 0 bridgehead atoms. The number of carbonyl (C=O) groups is 3. The van der Waals surface area contributed by atoms with Gasteiger partial charge in [-0.25, -0.2) is 0 Å². The zero-order valence-corrected chi connectivity index (χ0v) is 11.0. The lowest BCUT2D eigenvalue weighted by molar-refractivity contribution is -0.142. The van der Waals surface area contributed by atoms with Gasteiger partial charge in [0.05, 0.1) is 20.0 Å². The highest BCUT2D eigenvalue weighted by atomic mass is 35.5. The quantitative estimate of drug-likeness (QED) is 0.639. The molecule has 0 aliphatic heterocycles. The van der Waals surface area contributed by atoms with Gasteiger partial charge in [0, 0.05) is 16.5 Å². The fourth-order valence-corrected chi connectivity index (χ4v) is 1.73. The van der Waals surface area contributed by atoms with Crippen molar-refractivity contribution in [2.75, 3.05) is 7.11 Å². The van der Waals surface area contributed by atoms with E-state index in [1.165, 1.54) is 31.4 Å². The Kier molecular flexibility index (Phi) is 5.51. The predicted molar refractivity (Wildman–Crippen MR) is 68.2 cm³/mol. The monoisotopic (exact) mass is 284 g/mol. The molecular weight excluding hydrogens is 272 g/mol. The van der Waals surface area contributed by atoms with E-state index in [1.807, 2.05) is 0 Å². The smallest absolute Gasteiger partial charge is 0.306 e. The molecule has 0 heterocycles. The third kappa shape index (κ3) is 4.71. The Morgan fingerprint density at radius 2 is 1.79 bits per heavy atom. The second kappa shape index (κ2) is 6.89. The van der Waals surface area contributed by atoms with E-state index in [1.54, 1.807) is 0 Å². The maximum absolute atomic E-state index is 12.1. The molecule has 6 heteroatoms. The van der Waals surface area contributed by atoms with Crippen molar-refractivity contribution in [1.29, 1.82) is 0 Å². The van der Waals surface area contributed by atoms with E-state index in [4.69, 9.17) is 16.7 Å². The Labute approximate surface area is 115 Å². The highest BCUT2D eigenvalue weighted by Crippen LogP contribution is 2.19. The minimum Gasteiger partial charge on any atom is -0.481 e. The zero-order valence-electron chi connectivity index (χ0n) is 10.3. The molecule has 1 rings (SSSR count). The molecule has 1 atom stereocenters. The van der Waals surface area contributed by atoms with Crippen LogP contribution >= 0.6 is 11.6 Å². The Bertz CT molecular complexity index is 480. The van der Waals surface area contributed by atoms with Crippen molar-refractivity contribution in [3.8, 4) is 0 Å². The topological polar surface area (TPSA) is 80.7 Å². The van der Waals surface area contributed by atoms with Crippen molar-refractivity contribution in [3.63, 3.8) is 0 Å². The van der Waals surface area contributed by atoms with E-state index in [0.29, 0.717) is 10.6 Å². The SMILES string of the molecule is COC(=O)CC(CC(=O)O)C(=O)c1ccc(Cl)cc1. The van der Waals surface area contributed by atoms with Gasteiger partial charge in [0.15, 0.2) is 5.78 Å². The van der Waals surface area contributed by atoms with E-state index >= 15 is 0 Å². The number of carboxylic acid groups (broad SMARTS) is 1. The Morgan fingerprint density at radius 3 is 2.26 bits per heavy atom. The van der Waals surface area contributed by atoms with Crippen LogP contribution in [0.1, 0.15) is 23.2 Å². The Morgan fingerprint density at radius 1 is 1.21 bits per heavy atom. The number of carbonyl (C=O) groups excluding carboxylic acids is 2. The Balaban J connectivity index is 2.89. The number of hydrogen-bond acceptors (Lipinski definition) is 4. The largest absolute Gasteiger partial charge is 0.481 e. The number of Topliss-reactive ketones (excluding diaryl/α,β-unsaturated/α-hetero) is 1. The van der Waals surface area contributed by atoms with Crippen LogP contribution < -0.4 is 0 Å². The summed E-state index contributed by atoms with van der Waals surface area (Å²) in [7, 11) is 1.19. The van der Waals surface area contributed by atoms with Crippen LogP contribution in [0.15, 0.2) is 24.3 Å². The van der Waals surface area contributed by atoms with Gasteiger partial charge in [0.1, 0.15) is 0 Å². The zero-order chi connectivity index (χ0) is 14.4. The van der Waals surface area contributed by atoms with Crippen molar-refractivity contribution in [2.24, 2.45) is 5.92 Å². The molecule has 19 heavy (non-hydrogen) atoms. The molecule has 0 radical (unpaired) electrons. The van der Waals surface area contributed by atoms with Gasteiger partial charge in [0.2, 0.25) is 0 Å². The second-order valence-corrected chi connectivity index (χ2v) is 4.38. The third-order valence-electron chi connectivity index (χ3n) is 2.56.